The zero-order valence-electron chi connectivity index (χ0n) is 13.8. The molecular weight excluding hydrogens is 340 g/mol. The molecule has 1 unspecified atom stereocenters. The minimum absolute atomic E-state index is 0. The number of halogens is 1. The Labute approximate surface area is 153 Å². The van der Waals surface area contributed by atoms with Gasteiger partial charge in [0.2, 0.25) is 0 Å². The molecule has 2 aromatic rings. The van der Waals surface area contributed by atoms with Gasteiger partial charge < -0.3 is 20.1 Å². The lowest BCUT2D eigenvalue weighted by Gasteiger charge is -2.27. The van der Waals surface area contributed by atoms with Crippen molar-refractivity contribution < 1.29 is 14.3 Å². The van der Waals surface area contributed by atoms with Crippen LogP contribution in [0.1, 0.15) is 22.3 Å². The van der Waals surface area contributed by atoms with Gasteiger partial charge in [0.1, 0.15) is 12.7 Å². The van der Waals surface area contributed by atoms with E-state index >= 15 is 0 Å². The Bertz CT molecular complexity index is 766. The molecule has 0 saturated carbocycles. The largest absolute Gasteiger partial charge is 0.486 e. The Morgan fingerprint density at radius 2 is 2.00 bits per heavy atom. The van der Waals surface area contributed by atoms with Gasteiger partial charge in [0, 0.05) is 17.8 Å². The first-order valence-corrected chi connectivity index (χ1v) is 8.34. The lowest BCUT2D eigenvalue weighted by molar-refractivity contribution is 0.0788. The van der Waals surface area contributed by atoms with Crippen LogP contribution in [-0.4, -0.2) is 31.7 Å². The zero-order chi connectivity index (χ0) is 16.4. The summed E-state index contributed by atoms with van der Waals surface area (Å²) in [6.45, 7) is 1.82. The van der Waals surface area contributed by atoms with Gasteiger partial charge in [-0.25, -0.2) is 0 Å². The van der Waals surface area contributed by atoms with E-state index in [1.165, 1.54) is 0 Å². The topological polar surface area (TPSA) is 59.6 Å². The van der Waals surface area contributed by atoms with Crippen molar-refractivity contribution in [1.82, 2.24) is 5.32 Å². The van der Waals surface area contributed by atoms with Crippen LogP contribution in [0.15, 0.2) is 42.5 Å². The number of amides is 1. The number of rotatable bonds is 3. The highest BCUT2D eigenvalue weighted by molar-refractivity contribution is 5.97. The molecule has 0 aromatic heterocycles. The zero-order valence-corrected chi connectivity index (χ0v) is 14.6. The second-order valence-electron chi connectivity index (χ2n) is 6.07. The Kier molecular flexibility index (Phi) is 5.34. The summed E-state index contributed by atoms with van der Waals surface area (Å²) < 4.78 is 11.6. The van der Waals surface area contributed by atoms with E-state index in [0.717, 1.165) is 47.7 Å². The van der Waals surface area contributed by atoms with Gasteiger partial charge in [-0.15, -0.1) is 12.4 Å². The van der Waals surface area contributed by atoms with E-state index in [-0.39, 0.29) is 24.4 Å². The Balaban J connectivity index is 0.00000182. The van der Waals surface area contributed by atoms with Crippen LogP contribution in [0.2, 0.25) is 0 Å². The summed E-state index contributed by atoms with van der Waals surface area (Å²) in [5, 5.41) is 6.33. The molecule has 2 N–H and O–H groups in total. The van der Waals surface area contributed by atoms with Crippen LogP contribution >= 0.6 is 12.4 Å². The maximum atomic E-state index is 12.6. The number of ether oxygens (including phenoxy) is 2. The third kappa shape index (κ3) is 3.66. The average Bonchev–Trinajstić information content (AvgIpc) is 2.65. The Morgan fingerprint density at radius 3 is 2.88 bits per heavy atom. The number of carbonyl (C=O) groups is 1. The second kappa shape index (κ2) is 7.66. The summed E-state index contributed by atoms with van der Waals surface area (Å²) in [4.78, 5) is 12.6. The fraction of sp³-hybridized carbons (Fsp3) is 0.316. The average molecular weight is 361 g/mol. The number of hydrogen-bond donors (Lipinski definition) is 2. The quantitative estimate of drug-likeness (QED) is 0.883. The highest BCUT2D eigenvalue weighted by atomic mass is 35.5. The molecule has 0 saturated heterocycles. The molecule has 1 amide bonds. The molecule has 25 heavy (non-hydrogen) atoms. The maximum absolute atomic E-state index is 12.6. The molecular formula is C19H21ClN2O3. The summed E-state index contributed by atoms with van der Waals surface area (Å²) in [6.07, 6.45) is 1.80. The molecule has 5 nitrogen and oxygen atoms in total. The summed E-state index contributed by atoms with van der Waals surface area (Å²) in [6, 6.07) is 13.4. The van der Waals surface area contributed by atoms with E-state index in [9.17, 15) is 4.79 Å². The third-order valence-electron chi connectivity index (χ3n) is 4.40. The molecule has 132 valence electrons. The van der Waals surface area contributed by atoms with Crippen molar-refractivity contribution in [2.24, 2.45) is 0 Å². The highest BCUT2D eigenvalue weighted by Gasteiger charge is 2.22. The summed E-state index contributed by atoms with van der Waals surface area (Å²) in [7, 11) is 0. The first-order valence-electron chi connectivity index (χ1n) is 8.34. The molecule has 2 aliphatic rings. The molecule has 1 atom stereocenters. The van der Waals surface area contributed by atoms with Crippen LogP contribution in [0.3, 0.4) is 0 Å². The predicted molar refractivity (Wildman–Crippen MR) is 99.2 cm³/mol. The van der Waals surface area contributed by atoms with Gasteiger partial charge in [-0.1, -0.05) is 18.2 Å². The van der Waals surface area contributed by atoms with Crippen LogP contribution in [-0.2, 0) is 6.42 Å². The van der Waals surface area contributed by atoms with Crippen LogP contribution in [0, 0.1) is 0 Å². The molecule has 2 heterocycles. The van der Waals surface area contributed by atoms with E-state index in [1.54, 1.807) is 0 Å². The molecule has 4 rings (SSSR count). The van der Waals surface area contributed by atoms with Crippen molar-refractivity contribution in [3.63, 3.8) is 0 Å². The maximum Gasteiger partial charge on any atom is 0.251 e. The van der Waals surface area contributed by atoms with Crippen molar-refractivity contribution >= 4 is 24.0 Å². The summed E-state index contributed by atoms with van der Waals surface area (Å²) >= 11 is 0. The molecule has 0 aliphatic carbocycles. The Morgan fingerprint density at radius 1 is 1.16 bits per heavy atom. The molecule has 0 bridgehead atoms. The third-order valence-corrected chi connectivity index (χ3v) is 4.40. The Hall–Kier alpha value is -2.40. The van der Waals surface area contributed by atoms with Crippen LogP contribution in [0.5, 0.6) is 11.5 Å². The normalized spacial score (nSPS) is 17.5. The van der Waals surface area contributed by atoms with Crippen molar-refractivity contribution in [3.05, 3.63) is 53.6 Å². The molecule has 0 fully saturated rings. The van der Waals surface area contributed by atoms with Gasteiger partial charge in [0.25, 0.3) is 5.91 Å². The van der Waals surface area contributed by atoms with E-state index in [0.29, 0.717) is 13.2 Å². The van der Waals surface area contributed by atoms with Gasteiger partial charge >= 0.3 is 0 Å². The number of anilines is 1. The first kappa shape index (κ1) is 17.4. The molecule has 6 heteroatoms. The number of nitrogens with one attached hydrogen (secondary N) is 2. The molecule has 0 radical (unpaired) electrons. The van der Waals surface area contributed by atoms with Crippen LogP contribution < -0.4 is 20.1 Å². The summed E-state index contributed by atoms with van der Waals surface area (Å²) in [5.74, 6) is 1.42. The van der Waals surface area contributed by atoms with Crippen molar-refractivity contribution in [3.8, 4) is 11.5 Å². The van der Waals surface area contributed by atoms with Gasteiger partial charge in [0.05, 0.1) is 6.54 Å². The number of fused-ring (bicyclic) bond motifs is 2. The minimum Gasteiger partial charge on any atom is -0.486 e. The predicted octanol–water partition coefficient (Wildman–Crippen LogP) is 3.04. The number of para-hydroxylation sites is 2. The van der Waals surface area contributed by atoms with E-state index in [4.69, 9.17) is 9.47 Å². The van der Waals surface area contributed by atoms with Crippen LogP contribution in [0.4, 0.5) is 5.69 Å². The van der Waals surface area contributed by atoms with Gasteiger partial charge in [-0.2, -0.15) is 0 Å². The first-order chi connectivity index (χ1) is 11.8. The lowest BCUT2D eigenvalue weighted by atomic mass is 9.97. The standard InChI is InChI=1S/C19H20N2O3.ClH/c22-19(15-5-3-7-16-14(15)6-4-10-20-16)21-11-13-12-23-17-8-1-2-9-18(17)24-13;/h1-3,5,7-9,13,20H,4,6,10-12H2,(H,21,22);1H. The lowest BCUT2D eigenvalue weighted by Crippen LogP contribution is -2.41. The van der Waals surface area contributed by atoms with Crippen molar-refractivity contribution in [1.29, 1.82) is 0 Å². The monoisotopic (exact) mass is 360 g/mol. The fourth-order valence-corrected chi connectivity index (χ4v) is 3.19. The van der Waals surface area contributed by atoms with Crippen LogP contribution in [0.25, 0.3) is 0 Å². The van der Waals surface area contributed by atoms with Gasteiger partial charge in [-0.05, 0) is 42.7 Å². The number of carbonyl (C=O) groups excluding carboxylic acids is 1. The smallest absolute Gasteiger partial charge is 0.251 e. The minimum atomic E-state index is -0.179. The van der Waals surface area contributed by atoms with E-state index in [1.807, 2.05) is 42.5 Å². The van der Waals surface area contributed by atoms with Gasteiger partial charge in [0.15, 0.2) is 11.5 Å². The number of benzene rings is 2. The summed E-state index contributed by atoms with van der Waals surface area (Å²) in [5.41, 5.74) is 2.92. The fourth-order valence-electron chi connectivity index (χ4n) is 3.19. The molecule has 0 spiro atoms. The van der Waals surface area contributed by atoms with E-state index in [2.05, 4.69) is 10.6 Å². The van der Waals surface area contributed by atoms with Crippen molar-refractivity contribution in [2.45, 2.75) is 18.9 Å². The van der Waals surface area contributed by atoms with Gasteiger partial charge in [-0.3, -0.25) is 4.79 Å². The molecule has 2 aliphatic heterocycles. The molecule has 2 aromatic carbocycles. The van der Waals surface area contributed by atoms with Crippen molar-refractivity contribution in [2.75, 3.05) is 25.0 Å². The van der Waals surface area contributed by atoms with E-state index < -0.39 is 0 Å². The second-order valence-corrected chi connectivity index (χ2v) is 6.07. The SMILES string of the molecule is Cl.O=C(NCC1COc2ccccc2O1)c1cccc2c1CCCN2. The highest BCUT2D eigenvalue weighted by Crippen LogP contribution is 2.30. The number of hydrogen-bond acceptors (Lipinski definition) is 4.